The molecule has 0 aliphatic heterocycles. The van der Waals surface area contributed by atoms with Gasteiger partial charge < -0.3 is 15.1 Å². The summed E-state index contributed by atoms with van der Waals surface area (Å²) in [6, 6.07) is 18.0. The summed E-state index contributed by atoms with van der Waals surface area (Å²) in [5, 5.41) is 5.56. The summed E-state index contributed by atoms with van der Waals surface area (Å²) in [7, 11) is 0. The van der Waals surface area contributed by atoms with Gasteiger partial charge in [-0.25, -0.2) is 4.98 Å². The maximum atomic E-state index is 12.1. The zero-order chi connectivity index (χ0) is 20.8. The predicted octanol–water partition coefficient (Wildman–Crippen LogP) is 3.80. The average molecular weight is 398 g/mol. The van der Waals surface area contributed by atoms with E-state index in [-0.39, 0.29) is 17.6 Å². The van der Waals surface area contributed by atoms with Crippen LogP contribution in [0, 0.1) is 0 Å². The molecule has 0 spiro atoms. The van der Waals surface area contributed by atoms with E-state index in [0.29, 0.717) is 17.9 Å². The number of amides is 2. The highest BCUT2D eigenvalue weighted by Gasteiger charge is 2.08. The third-order valence-corrected chi connectivity index (χ3v) is 4.30. The van der Waals surface area contributed by atoms with Gasteiger partial charge >= 0.3 is 0 Å². The highest BCUT2D eigenvalue weighted by atomic mass is 16.3. The van der Waals surface area contributed by atoms with Crippen LogP contribution < -0.4 is 10.6 Å². The van der Waals surface area contributed by atoms with Crippen molar-refractivity contribution in [1.29, 1.82) is 0 Å². The van der Waals surface area contributed by atoms with Crippen molar-refractivity contribution < 1.29 is 14.0 Å². The van der Waals surface area contributed by atoms with Crippen molar-refractivity contribution in [2.45, 2.75) is 6.54 Å². The third-order valence-electron chi connectivity index (χ3n) is 4.30. The monoisotopic (exact) mass is 398 g/mol. The summed E-state index contributed by atoms with van der Waals surface area (Å²) >= 11 is 0. The molecule has 0 radical (unpaired) electrons. The quantitative estimate of drug-likeness (QED) is 0.482. The first-order chi connectivity index (χ1) is 14.7. The highest BCUT2D eigenvalue weighted by Crippen LogP contribution is 2.12. The maximum absolute atomic E-state index is 12.1. The second-order valence-electron chi connectivity index (χ2n) is 6.46. The third kappa shape index (κ3) is 4.77. The number of nitrogens with one attached hydrogen (secondary N) is 2. The van der Waals surface area contributed by atoms with Gasteiger partial charge in [-0.15, -0.1) is 0 Å². The van der Waals surface area contributed by atoms with E-state index in [9.17, 15) is 9.59 Å². The molecule has 0 aliphatic carbocycles. The largest absolute Gasteiger partial charge is 0.459 e. The Bertz CT molecular complexity index is 1200. The molecule has 30 heavy (non-hydrogen) atoms. The topological polar surface area (TPSA) is 97.1 Å². The lowest BCUT2D eigenvalue weighted by atomic mass is 10.2. The molecule has 2 N–H and O–H groups in total. The number of benzene rings is 2. The second kappa shape index (κ2) is 8.83. The summed E-state index contributed by atoms with van der Waals surface area (Å²) in [6.45, 7) is 0.360. The number of rotatable bonds is 6. The van der Waals surface area contributed by atoms with E-state index in [1.807, 2.05) is 36.4 Å². The number of para-hydroxylation sites is 2. The van der Waals surface area contributed by atoms with Gasteiger partial charge in [-0.1, -0.05) is 24.3 Å². The van der Waals surface area contributed by atoms with Gasteiger partial charge in [0, 0.05) is 18.3 Å². The summed E-state index contributed by atoms with van der Waals surface area (Å²) in [5.41, 5.74) is 3.74. The van der Waals surface area contributed by atoms with Gasteiger partial charge in [0.05, 0.1) is 29.2 Å². The fourth-order valence-electron chi connectivity index (χ4n) is 2.77. The van der Waals surface area contributed by atoms with Crippen LogP contribution in [0.2, 0.25) is 0 Å². The van der Waals surface area contributed by atoms with E-state index in [1.54, 1.807) is 36.5 Å². The minimum absolute atomic E-state index is 0.236. The van der Waals surface area contributed by atoms with E-state index in [0.717, 1.165) is 16.6 Å². The van der Waals surface area contributed by atoms with Crippen LogP contribution in [0.1, 0.15) is 21.8 Å². The van der Waals surface area contributed by atoms with Gasteiger partial charge in [0.15, 0.2) is 5.76 Å². The molecule has 0 bridgehead atoms. The molecule has 2 heterocycles. The molecule has 0 saturated carbocycles. The van der Waals surface area contributed by atoms with Crippen LogP contribution in [-0.2, 0) is 11.3 Å². The number of carbonyl (C=O) groups excluding carboxylic acids is 2. The first kappa shape index (κ1) is 19.1. The molecule has 7 nitrogen and oxygen atoms in total. The van der Waals surface area contributed by atoms with Crippen LogP contribution in [0.15, 0.2) is 83.6 Å². The molecule has 7 heteroatoms. The molecule has 148 valence electrons. The first-order valence-electron chi connectivity index (χ1n) is 9.29. The molecule has 0 atom stereocenters. The molecule has 0 saturated heterocycles. The number of anilines is 1. The van der Waals surface area contributed by atoms with Crippen molar-refractivity contribution in [3.8, 4) is 0 Å². The van der Waals surface area contributed by atoms with E-state index in [4.69, 9.17) is 4.42 Å². The van der Waals surface area contributed by atoms with Crippen LogP contribution in [-0.4, -0.2) is 21.8 Å². The molecular weight excluding hydrogens is 380 g/mol. The number of nitrogens with zero attached hydrogens (tertiary/aromatic N) is 2. The van der Waals surface area contributed by atoms with E-state index >= 15 is 0 Å². The molecular formula is C23H18N4O3. The Morgan fingerprint density at radius 3 is 2.53 bits per heavy atom. The fourth-order valence-corrected chi connectivity index (χ4v) is 2.77. The van der Waals surface area contributed by atoms with Crippen molar-refractivity contribution in [2.75, 3.05) is 5.32 Å². The maximum Gasteiger partial charge on any atom is 0.291 e. The highest BCUT2D eigenvalue weighted by molar-refractivity contribution is 6.02. The number of furan rings is 1. The van der Waals surface area contributed by atoms with Gasteiger partial charge in [0.25, 0.3) is 5.91 Å². The molecule has 2 amide bonds. The molecule has 4 aromatic rings. The average Bonchev–Trinajstić information content (AvgIpc) is 3.32. The summed E-state index contributed by atoms with van der Waals surface area (Å²) < 4.78 is 5.06. The van der Waals surface area contributed by atoms with Gasteiger partial charge in [-0.3, -0.25) is 14.6 Å². The predicted molar refractivity (Wildman–Crippen MR) is 114 cm³/mol. The van der Waals surface area contributed by atoms with Crippen LogP contribution >= 0.6 is 0 Å². The SMILES string of the molecule is O=C(/C=C/c1cnc2ccccc2n1)NCc1ccc(NC(=O)c2ccco2)cc1. The normalized spacial score (nSPS) is 10.9. The number of hydrogen-bond acceptors (Lipinski definition) is 5. The van der Waals surface area contributed by atoms with Gasteiger partial charge in [-0.05, 0) is 48.0 Å². The first-order valence-corrected chi connectivity index (χ1v) is 9.29. The number of fused-ring (bicyclic) bond motifs is 1. The minimum atomic E-state index is -0.317. The zero-order valence-electron chi connectivity index (χ0n) is 15.9. The molecule has 4 rings (SSSR count). The van der Waals surface area contributed by atoms with Crippen molar-refractivity contribution in [2.24, 2.45) is 0 Å². The van der Waals surface area contributed by atoms with E-state index < -0.39 is 0 Å². The van der Waals surface area contributed by atoms with Gasteiger partial charge in [-0.2, -0.15) is 0 Å². The molecule has 0 fully saturated rings. The lowest BCUT2D eigenvalue weighted by Crippen LogP contribution is -2.20. The Morgan fingerprint density at radius 1 is 0.967 bits per heavy atom. The smallest absolute Gasteiger partial charge is 0.291 e. The van der Waals surface area contributed by atoms with Crippen molar-refractivity contribution in [3.05, 3.63) is 96.2 Å². The number of carbonyl (C=O) groups is 2. The van der Waals surface area contributed by atoms with Crippen LogP contribution in [0.25, 0.3) is 17.1 Å². The molecule has 0 aliphatic rings. The summed E-state index contributed by atoms with van der Waals surface area (Å²) in [6.07, 6.45) is 6.13. The van der Waals surface area contributed by atoms with Gasteiger partial charge in [0.1, 0.15) is 0 Å². The lowest BCUT2D eigenvalue weighted by molar-refractivity contribution is -0.116. The Labute approximate surface area is 172 Å². The Morgan fingerprint density at radius 2 is 1.77 bits per heavy atom. The fraction of sp³-hybridized carbons (Fsp3) is 0.0435. The lowest BCUT2D eigenvalue weighted by Gasteiger charge is -2.06. The Balaban J connectivity index is 1.29. The van der Waals surface area contributed by atoms with Crippen molar-refractivity contribution >= 4 is 34.6 Å². The number of hydrogen-bond donors (Lipinski definition) is 2. The molecule has 2 aromatic carbocycles. The summed E-state index contributed by atoms with van der Waals surface area (Å²) in [4.78, 5) is 32.8. The van der Waals surface area contributed by atoms with Crippen LogP contribution in [0.3, 0.4) is 0 Å². The van der Waals surface area contributed by atoms with Crippen molar-refractivity contribution in [1.82, 2.24) is 15.3 Å². The minimum Gasteiger partial charge on any atom is -0.459 e. The van der Waals surface area contributed by atoms with E-state index in [2.05, 4.69) is 20.6 Å². The standard InChI is InChI=1S/C23H18N4O3/c28-22(12-11-18-15-24-19-4-1-2-5-20(19)26-18)25-14-16-7-9-17(10-8-16)27-23(29)21-6-3-13-30-21/h1-13,15H,14H2,(H,25,28)(H,27,29)/b12-11+. The Hall–Kier alpha value is -4.26. The number of aromatic nitrogens is 2. The second-order valence-corrected chi connectivity index (χ2v) is 6.46. The van der Waals surface area contributed by atoms with Crippen molar-refractivity contribution in [3.63, 3.8) is 0 Å². The molecule has 0 unspecified atom stereocenters. The molecule has 2 aromatic heterocycles. The van der Waals surface area contributed by atoms with Crippen LogP contribution in [0.4, 0.5) is 5.69 Å². The Kier molecular flexibility index (Phi) is 5.61. The van der Waals surface area contributed by atoms with Crippen LogP contribution in [0.5, 0.6) is 0 Å². The summed E-state index contributed by atoms with van der Waals surface area (Å²) in [5.74, 6) is -0.308. The van der Waals surface area contributed by atoms with E-state index in [1.165, 1.54) is 12.3 Å². The van der Waals surface area contributed by atoms with Gasteiger partial charge in [0.2, 0.25) is 5.91 Å². The zero-order valence-corrected chi connectivity index (χ0v) is 15.9.